The molecule has 0 saturated heterocycles. The van der Waals surface area contributed by atoms with E-state index in [2.05, 4.69) is 5.32 Å². The molecule has 0 radical (unpaired) electrons. The van der Waals surface area contributed by atoms with Crippen molar-refractivity contribution in [3.8, 4) is 11.3 Å². The molecule has 2 N–H and O–H groups in total. The van der Waals surface area contributed by atoms with E-state index in [1.807, 2.05) is 24.3 Å². The highest BCUT2D eigenvalue weighted by molar-refractivity contribution is 6.33. The summed E-state index contributed by atoms with van der Waals surface area (Å²) >= 11 is 6.06. The Balaban J connectivity index is 0.00000180. The minimum absolute atomic E-state index is 0. The molecule has 0 aliphatic heterocycles. The first-order valence-electron chi connectivity index (χ1n) is 5.43. The van der Waals surface area contributed by atoms with Crippen LogP contribution in [0.15, 0.2) is 40.8 Å². The quantitative estimate of drug-likeness (QED) is 0.890. The fraction of sp³-hybridized carbons (Fsp3) is 0.154. The number of nitrogens with one attached hydrogen (secondary N) is 1. The smallest absolute Gasteiger partial charge is 0.317 e. The Hall–Kier alpha value is -1.49. The van der Waals surface area contributed by atoms with Crippen LogP contribution in [0.4, 0.5) is 0 Å². The number of aliphatic carboxylic acids is 1. The third kappa shape index (κ3) is 4.28. The molecule has 0 unspecified atom stereocenters. The second-order valence-corrected chi connectivity index (χ2v) is 4.15. The molecule has 2 rings (SSSR count). The van der Waals surface area contributed by atoms with Crippen LogP contribution in [0.25, 0.3) is 11.3 Å². The van der Waals surface area contributed by atoms with Crippen LogP contribution in [0, 0.1) is 0 Å². The largest absolute Gasteiger partial charge is 0.480 e. The molecule has 102 valence electrons. The Morgan fingerprint density at radius 3 is 2.68 bits per heavy atom. The minimum Gasteiger partial charge on any atom is -0.480 e. The number of halogens is 2. The summed E-state index contributed by atoms with van der Waals surface area (Å²) in [4.78, 5) is 10.4. The molecule has 0 bridgehead atoms. The van der Waals surface area contributed by atoms with Crippen molar-refractivity contribution < 1.29 is 14.3 Å². The molecule has 6 heteroatoms. The number of furan rings is 1. The maximum Gasteiger partial charge on any atom is 0.317 e. The van der Waals surface area contributed by atoms with Gasteiger partial charge in [0.2, 0.25) is 0 Å². The minimum atomic E-state index is -0.895. The SMILES string of the molecule is Cl.O=C(O)CNCc1ccc(-c2ccccc2Cl)o1. The molecule has 1 aromatic heterocycles. The normalized spacial score (nSPS) is 9.95. The molecule has 0 amide bonds. The molecule has 19 heavy (non-hydrogen) atoms. The highest BCUT2D eigenvalue weighted by Crippen LogP contribution is 2.28. The molecular weight excluding hydrogens is 289 g/mol. The lowest BCUT2D eigenvalue weighted by Gasteiger charge is -2.00. The van der Waals surface area contributed by atoms with Crippen molar-refractivity contribution >= 4 is 30.0 Å². The number of benzene rings is 1. The highest BCUT2D eigenvalue weighted by Gasteiger charge is 2.08. The van der Waals surface area contributed by atoms with E-state index < -0.39 is 5.97 Å². The van der Waals surface area contributed by atoms with E-state index in [-0.39, 0.29) is 19.0 Å². The van der Waals surface area contributed by atoms with Crippen LogP contribution in [0.5, 0.6) is 0 Å². The number of carboxylic acids is 1. The maximum absolute atomic E-state index is 10.4. The summed E-state index contributed by atoms with van der Waals surface area (Å²) in [7, 11) is 0. The van der Waals surface area contributed by atoms with E-state index in [1.165, 1.54) is 0 Å². The first-order valence-corrected chi connectivity index (χ1v) is 5.81. The van der Waals surface area contributed by atoms with Crippen molar-refractivity contribution in [2.45, 2.75) is 6.54 Å². The zero-order valence-electron chi connectivity index (χ0n) is 9.93. The lowest BCUT2D eigenvalue weighted by atomic mass is 10.2. The average Bonchev–Trinajstić information content (AvgIpc) is 2.78. The molecule has 4 nitrogen and oxygen atoms in total. The molecular formula is C13H13Cl2NO3. The van der Waals surface area contributed by atoms with E-state index in [0.717, 1.165) is 5.56 Å². The van der Waals surface area contributed by atoms with Crippen LogP contribution in [0.2, 0.25) is 5.02 Å². The fourth-order valence-electron chi connectivity index (χ4n) is 1.57. The first-order chi connectivity index (χ1) is 8.66. The average molecular weight is 302 g/mol. The second-order valence-electron chi connectivity index (χ2n) is 3.74. The monoisotopic (exact) mass is 301 g/mol. The van der Waals surface area contributed by atoms with Gasteiger partial charge in [0.25, 0.3) is 0 Å². The van der Waals surface area contributed by atoms with Crippen LogP contribution in [0.1, 0.15) is 5.76 Å². The van der Waals surface area contributed by atoms with Gasteiger partial charge in [-0.25, -0.2) is 0 Å². The zero-order valence-corrected chi connectivity index (χ0v) is 11.5. The molecule has 0 saturated carbocycles. The predicted molar refractivity (Wildman–Crippen MR) is 75.7 cm³/mol. The van der Waals surface area contributed by atoms with Crippen LogP contribution in [-0.4, -0.2) is 17.6 Å². The Labute approximate surface area is 121 Å². The second kappa shape index (κ2) is 7.19. The molecule has 0 fully saturated rings. The van der Waals surface area contributed by atoms with Gasteiger partial charge in [0.05, 0.1) is 18.1 Å². The van der Waals surface area contributed by atoms with Crippen molar-refractivity contribution in [3.63, 3.8) is 0 Å². The Bertz CT molecular complexity index is 554. The number of carbonyl (C=O) groups is 1. The molecule has 0 aliphatic rings. The third-order valence-corrected chi connectivity index (χ3v) is 2.71. The topological polar surface area (TPSA) is 62.5 Å². The summed E-state index contributed by atoms with van der Waals surface area (Å²) in [6.07, 6.45) is 0. The maximum atomic E-state index is 10.4. The van der Waals surface area contributed by atoms with E-state index in [9.17, 15) is 4.79 Å². The summed E-state index contributed by atoms with van der Waals surface area (Å²) in [5.41, 5.74) is 0.823. The van der Waals surface area contributed by atoms with Gasteiger partial charge in [-0.2, -0.15) is 0 Å². The van der Waals surface area contributed by atoms with Crippen molar-refractivity contribution in [1.82, 2.24) is 5.32 Å². The molecule has 2 aromatic rings. The van der Waals surface area contributed by atoms with Crippen molar-refractivity contribution in [2.75, 3.05) is 6.54 Å². The van der Waals surface area contributed by atoms with Gasteiger partial charge in [0.15, 0.2) is 0 Å². The van der Waals surface area contributed by atoms with Crippen LogP contribution in [0.3, 0.4) is 0 Å². The Kier molecular flexibility index (Phi) is 5.89. The van der Waals surface area contributed by atoms with Crippen LogP contribution < -0.4 is 5.32 Å². The van der Waals surface area contributed by atoms with Crippen molar-refractivity contribution in [1.29, 1.82) is 0 Å². The molecule has 1 heterocycles. The lowest BCUT2D eigenvalue weighted by molar-refractivity contribution is -0.136. The van der Waals surface area contributed by atoms with E-state index in [0.29, 0.717) is 23.1 Å². The first kappa shape index (κ1) is 15.6. The highest BCUT2D eigenvalue weighted by atomic mass is 35.5. The van der Waals surface area contributed by atoms with Crippen molar-refractivity contribution in [3.05, 3.63) is 47.2 Å². The van der Waals surface area contributed by atoms with Gasteiger partial charge >= 0.3 is 5.97 Å². The number of carboxylic acid groups (broad SMARTS) is 1. The number of hydrogen-bond donors (Lipinski definition) is 2. The number of hydrogen-bond acceptors (Lipinski definition) is 3. The Morgan fingerprint density at radius 1 is 1.26 bits per heavy atom. The lowest BCUT2D eigenvalue weighted by Crippen LogP contribution is -2.21. The van der Waals surface area contributed by atoms with Crippen LogP contribution >= 0.6 is 24.0 Å². The van der Waals surface area contributed by atoms with Gasteiger partial charge in [-0.05, 0) is 24.3 Å². The molecule has 0 aliphatic carbocycles. The Morgan fingerprint density at radius 2 is 2.00 bits per heavy atom. The van der Waals surface area contributed by atoms with E-state index in [4.69, 9.17) is 21.1 Å². The fourth-order valence-corrected chi connectivity index (χ4v) is 1.80. The van der Waals surface area contributed by atoms with E-state index >= 15 is 0 Å². The summed E-state index contributed by atoms with van der Waals surface area (Å²) in [6, 6.07) is 11.0. The van der Waals surface area contributed by atoms with Crippen molar-refractivity contribution in [2.24, 2.45) is 0 Å². The van der Waals surface area contributed by atoms with Gasteiger partial charge in [0.1, 0.15) is 11.5 Å². The molecule has 1 aromatic carbocycles. The predicted octanol–water partition coefficient (Wildman–Crippen LogP) is 3.20. The zero-order chi connectivity index (χ0) is 13.0. The summed E-state index contributed by atoms with van der Waals surface area (Å²) in [6.45, 7) is 0.277. The standard InChI is InChI=1S/C13H12ClNO3.ClH/c14-11-4-2-1-3-10(11)12-6-5-9(18-12)7-15-8-13(16)17;/h1-6,15H,7-8H2,(H,16,17);1H. The van der Waals surface area contributed by atoms with Gasteiger partial charge in [-0.3, -0.25) is 10.1 Å². The van der Waals surface area contributed by atoms with Gasteiger partial charge in [-0.15, -0.1) is 12.4 Å². The van der Waals surface area contributed by atoms with Gasteiger partial charge in [0, 0.05) is 5.56 Å². The summed E-state index contributed by atoms with van der Waals surface area (Å²) in [5, 5.41) is 11.9. The summed E-state index contributed by atoms with van der Waals surface area (Å²) < 4.78 is 5.59. The molecule has 0 atom stereocenters. The molecule has 0 spiro atoms. The van der Waals surface area contributed by atoms with Gasteiger partial charge < -0.3 is 9.52 Å². The van der Waals surface area contributed by atoms with E-state index in [1.54, 1.807) is 12.1 Å². The van der Waals surface area contributed by atoms with Gasteiger partial charge in [-0.1, -0.05) is 23.7 Å². The third-order valence-electron chi connectivity index (χ3n) is 2.38. The van der Waals surface area contributed by atoms with Crippen LogP contribution in [-0.2, 0) is 11.3 Å². The summed E-state index contributed by atoms with van der Waals surface area (Å²) in [5.74, 6) is 0.451. The number of rotatable bonds is 5.